The summed E-state index contributed by atoms with van der Waals surface area (Å²) in [7, 11) is 0. The van der Waals surface area contributed by atoms with E-state index in [0.29, 0.717) is 6.54 Å². The largest absolute Gasteiger partial charge is 0.350 e. The van der Waals surface area contributed by atoms with E-state index in [1.165, 1.54) is 17.7 Å². The van der Waals surface area contributed by atoms with Gasteiger partial charge in [-0.1, -0.05) is 30.7 Å². The third-order valence-corrected chi connectivity index (χ3v) is 5.84. The van der Waals surface area contributed by atoms with Crippen LogP contribution in [-0.2, 0) is 0 Å². The van der Waals surface area contributed by atoms with E-state index >= 15 is 0 Å². The Bertz CT molecular complexity index is 660. The van der Waals surface area contributed by atoms with Crippen molar-refractivity contribution in [1.29, 1.82) is 0 Å². The zero-order valence-electron chi connectivity index (χ0n) is 14.5. The van der Waals surface area contributed by atoms with Crippen molar-refractivity contribution in [2.45, 2.75) is 32.7 Å². The molecule has 1 fully saturated rings. The minimum Gasteiger partial charge on any atom is -0.350 e. The smallest absolute Gasteiger partial charge is 0.251 e. The zero-order chi connectivity index (χ0) is 16.9. The van der Waals surface area contributed by atoms with Crippen molar-refractivity contribution in [2.75, 3.05) is 19.6 Å². The van der Waals surface area contributed by atoms with Crippen LogP contribution in [0.1, 0.15) is 46.6 Å². The van der Waals surface area contributed by atoms with Gasteiger partial charge in [0.1, 0.15) is 0 Å². The zero-order valence-corrected chi connectivity index (χ0v) is 15.3. The maximum Gasteiger partial charge on any atom is 0.251 e. The molecular weight excluding hydrogens is 316 g/mol. The highest BCUT2D eigenvalue weighted by atomic mass is 32.1. The number of nitrogens with one attached hydrogen (secondary N) is 1. The van der Waals surface area contributed by atoms with Crippen molar-refractivity contribution < 1.29 is 4.79 Å². The second-order valence-electron chi connectivity index (χ2n) is 6.83. The van der Waals surface area contributed by atoms with Crippen LogP contribution in [0, 0.1) is 12.8 Å². The number of piperidine rings is 1. The van der Waals surface area contributed by atoms with E-state index in [9.17, 15) is 4.79 Å². The lowest BCUT2D eigenvalue weighted by atomic mass is 9.97. The van der Waals surface area contributed by atoms with Gasteiger partial charge in [-0.3, -0.25) is 9.69 Å². The first-order valence-electron chi connectivity index (χ1n) is 8.76. The van der Waals surface area contributed by atoms with Gasteiger partial charge in [0.2, 0.25) is 0 Å². The van der Waals surface area contributed by atoms with Gasteiger partial charge in [-0.25, -0.2) is 0 Å². The maximum atomic E-state index is 12.5. The molecule has 128 valence electrons. The Morgan fingerprint density at radius 1 is 1.29 bits per heavy atom. The molecule has 1 aliphatic heterocycles. The number of carbonyl (C=O) groups excluding carboxylic acids is 1. The minimum atomic E-state index is 0.0191. The third-order valence-electron chi connectivity index (χ3n) is 4.87. The van der Waals surface area contributed by atoms with Crippen LogP contribution in [0.4, 0.5) is 0 Å². The van der Waals surface area contributed by atoms with E-state index in [4.69, 9.17) is 0 Å². The van der Waals surface area contributed by atoms with E-state index in [-0.39, 0.29) is 11.9 Å². The minimum absolute atomic E-state index is 0.0191. The Morgan fingerprint density at radius 3 is 2.75 bits per heavy atom. The first kappa shape index (κ1) is 17.2. The van der Waals surface area contributed by atoms with Gasteiger partial charge < -0.3 is 5.32 Å². The van der Waals surface area contributed by atoms with Gasteiger partial charge in [0.05, 0.1) is 6.04 Å². The summed E-state index contributed by atoms with van der Waals surface area (Å²) < 4.78 is 0. The first-order valence-corrected chi connectivity index (χ1v) is 9.64. The van der Waals surface area contributed by atoms with Crippen molar-refractivity contribution in [2.24, 2.45) is 5.92 Å². The molecule has 1 aromatic carbocycles. The van der Waals surface area contributed by atoms with Crippen molar-refractivity contribution in [1.82, 2.24) is 10.2 Å². The average Bonchev–Trinajstić information content (AvgIpc) is 3.11. The number of amides is 1. The molecule has 1 atom stereocenters. The van der Waals surface area contributed by atoms with Crippen LogP contribution in [0.25, 0.3) is 0 Å². The Kier molecular flexibility index (Phi) is 5.69. The van der Waals surface area contributed by atoms with Gasteiger partial charge in [-0.05, 0) is 62.4 Å². The van der Waals surface area contributed by atoms with Crippen molar-refractivity contribution in [3.63, 3.8) is 0 Å². The second-order valence-corrected chi connectivity index (χ2v) is 7.81. The highest BCUT2D eigenvalue weighted by Gasteiger charge is 2.25. The Hall–Kier alpha value is -1.65. The van der Waals surface area contributed by atoms with Gasteiger partial charge in [0.25, 0.3) is 5.91 Å². The monoisotopic (exact) mass is 342 g/mol. The molecule has 0 radical (unpaired) electrons. The number of nitrogens with zero attached hydrogens (tertiary/aromatic N) is 1. The topological polar surface area (TPSA) is 32.3 Å². The fraction of sp³-hybridized carbons (Fsp3) is 0.450. The average molecular weight is 343 g/mol. The molecule has 0 spiro atoms. The lowest BCUT2D eigenvalue weighted by Crippen LogP contribution is -2.41. The molecule has 3 rings (SSSR count). The van der Waals surface area contributed by atoms with Gasteiger partial charge in [-0.15, -0.1) is 11.3 Å². The first-order chi connectivity index (χ1) is 11.6. The van der Waals surface area contributed by atoms with Crippen LogP contribution in [0.3, 0.4) is 0 Å². The molecule has 0 unspecified atom stereocenters. The molecule has 1 N–H and O–H groups in total. The Labute approximate surface area is 148 Å². The molecule has 0 aliphatic carbocycles. The van der Waals surface area contributed by atoms with E-state index in [0.717, 1.165) is 30.1 Å². The molecule has 2 heterocycles. The van der Waals surface area contributed by atoms with Crippen LogP contribution in [-0.4, -0.2) is 30.4 Å². The van der Waals surface area contributed by atoms with Crippen LogP contribution >= 0.6 is 11.3 Å². The predicted octanol–water partition coefficient (Wildman–Crippen LogP) is 4.26. The van der Waals surface area contributed by atoms with E-state index in [1.807, 2.05) is 31.2 Å². The molecule has 2 aromatic rings. The molecule has 24 heavy (non-hydrogen) atoms. The third kappa shape index (κ3) is 4.25. The van der Waals surface area contributed by atoms with Crippen LogP contribution in [0.2, 0.25) is 0 Å². The number of benzene rings is 1. The number of hydrogen-bond acceptors (Lipinski definition) is 3. The summed E-state index contributed by atoms with van der Waals surface area (Å²) in [6.45, 7) is 7.24. The number of thiophene rings is 1. The SMILES string of the molecule is Cc1cccc(C(=O)NC[C@H](c2cccs2)N2CCC(C)CC2)c1. The van der Waals surface area contributed by atoms with Gasteiger partial charge >= 0.3 is 0 Å². The molecule has 1 amide bonds. The van der Waals surface area contributed by atoms with Gasteiger partial charge in [-0.2, -0.15) is 0 Å². The number of hydrogen-bond donors (Lipinski definition) is 1. The van der Waals surface area contributed by atoms with Gasteiger partial charge in [0, 0.05) is 17.0 Å². The maximum absolute atomic E-state index is 12.5. The molecular formula is C20H26N2OS. The lowest BCUT2D eigenvalue weighted by molar-refractivity contribution is 0.0915. The fourth-order valence-electron chi connectivity index (χ4n) is 3.31. The Balaban J connectivity index is 1.67. The van der Waals surface area contributed by atoms with Crippen molar-refractivity contribution in [3.8, 4) is 0 Å². The second kappa shape index (κ2) is 7.95. The fourth-order valence-corrected chi connectivity index (χ4v) is 4.17. The summed E-state index contributed by atoms with van der Waals surface area (Å²) in [6, 6.07) is 12.3. The van der Waals surface area contributed by atoms with Crippen LogP contribution in [0.15, 0.2) is 41.8 Å². The number of rotatable bonds is 5. The highest BCUT2D eigenvalue weighted by molar-refractivity contribution is 7.10. The standard InChI is InChI=1S/C20H26N2OS/c1-15-8-10-22(11-9-15)18(19-7-4-12-24-19)14-21-20(23)17-6-3-5-16(2)13-17/h3-7,12-13,15,18H,8-11,14H2,1-2H3,(H,21,23)/t18-/m1/s1. The molecule has 1 aliphatic rings. The summed E-state index contributed by atoms with van der Waals surface area (Å²) >= 11 is 1.78. The lowest BCUT2D eigenvalue weighted by Gasteiger charge is -2.36. The number of carbonyl (C=O) groups is 1. The normalized spacial score (nSPS) is 17.6. The van der Waals surface area contributed by atoms with Crippen LogP contribution in [0.5, 0.6) is 0 Å². The predicted molar refractivity (Wildman–Crippen MR) is 101 cm³/mol. The van der Waals surface area contributed by atoms with E-state index < -0.39 is 0 Å². The summed E-state index contributed by atoms with van der Waals surface area (Å²) in [6.07, 6.45) is 2.49. The molecule has 0 saturated carbocycles. The summed E-state index contributed by atoms with van der Waals surface area (Å²) in [5.41, 5.74) is 1.86. The Morgan fingerprint density at radius 2 is 2.08 bits per heavy atom. The van der Waals surface area contributed by atoms with E-state index in [2.05, 4.69) is 34.7 Å². The molecule has 3 nitrogen and oxygen atoms in total. The molecule has 1 aromatic heterocycles. The number of aryl methyl sites for hydroxylation is 1. The van der Waals surface area contributed by atoms with Crippen molar-refractivity contribution in [3.05, 3.63) is 57.8 Å². The van der Waals surface area contributed by atoms with E-state index in [1.54, 1.807) is 11.3 Å². The summed E-state index contributed by atoms with van der Waals surface area (Å²) in [5.74, 6) is 0.831. The molecule has 4 heteroatoms. The van der Waals surface area contributed by atoms with Gasteiger partial charge in [0.15, 0.2) is 0 Å². The highest BCUT2D eigenvalue weighted by Crippen LogP contribution is 2.29. The quantitative estimate of drug-likeness (QED) is 0.880. The summed E-state index contributed by atoms with van der Waals surface area (Å²) in [4.78, 5) is 16.4. The summed E-state index contributed by atoms with van der Waals surface area (Å²) in [5, 5.41) is 5.27. The van der Waals surface area contributed by atoms with Crippen LogP contribution < -0.4 is 5.32 Å². The number of likely N-dealkylation sites (tertiary alicyclic amines) is 1. The molecule has 0 bridgehead atoms. The van der Waals surface area contributed by atoms with Crippen molar-refractivity contribution >= 4 is 17.2 Å². The molecule has 1 saturated heterocycles.